The van der Waals surface area contributed by atoms with Crippen molar-refractivity contribution in [2.45, 2.75) is 18.9 Å². The molecule has 3 fully saturated rings. The van der Waals surface area contributed by atoms with Gasteiger partial charge in [-0.25, -0.2) is 13.1 Å². The van der Waals surface area contributed by atoms with Crippen molar-refractivity contribution in [2.75, 3.05) is 25.9 Å². The monoisotopic (exact) mass is 244 g/mol. The van der Waals surface area contributed by atoms with Gasteiger partial charge in [-0.05, 0) is 31.2 Å². The molecular weight excluding hydrogens is 224 g/mol. The van der Waals surface area contributed by atoms with Crippen LogP contribution in [-0.4, -0.2) is 45.2 Å². The van der Waals surface area contributed by atoms with Gasteiger partial charge in [-0.15, -0.1) is 6.58 Å². The zero-order valence-corrected chi connectivity index (χ0v) is 10.5. The van der Waals surface area contributed by atoms with Crippen molar-refractivity contribution >= 4 is 10.0 Å². The summed E-state index contributed by atoms with van der Waals surface area (Å²) >= 11 is 0. The van der Waals surface area contributed by atoms with Crippen LogP contribution >= 0.6 is 0 Å². The predicted octanol–water partition coefficient (Wildman–Crippen LogP) is 0.432. The molecule has 4 atom stereocenters. The van der Waals surface area contributed by atoms with Gasteiger partial charge in [-0.2, -0.15) is 0 Å². The molecule has 3 aliphatic rings. The number of fused-ring (bicyclic) bond motifs is 3. The van der Waals surface area contributed by atoms with E-state index in [1.165, 1.54) is 12.7 Å². The Hall–Kier alpha value is -0.390. The molecule has 0 amide bonds. The van der Waals surface area contributed by atoms with Crippen LogP contribution in [0.25, 0.3) is 0 Å². The van der Waals surface area contributed by atoms with Crippen LogP contribution in [0, 0.1) is 11.8 Å². The molecular formula is C11H20N2O2S. The minimum Gasteiger partial charge on any atom is -0.298 e. The lowest BCUT2D eigenvalue weighted by Crippen LogP contribution is -2.56. The van der Waals surface area contributed by atoms with Crippen LogP contribution in [0.5, 0.6) is 0 Å². The largest absolute Gasteiger partial charge is 0.298 e. The van der Waals surface area contributed by atoms with Gasteiger partial charge < -0.3 is 0 Å². The van der Waals surface area contributed by atoms with Crippen molar-refractivity contribution in [2.24, 2.45) is 11.8 Å². The Labute approximate surface area is 97.8 Å². The summed E-state index contributed by atoms with van der Waals surface area (Å²) in [4.78, 5) is 2.39. The number of hydrogen-bond donors (Lipinski definition) is 1. The van der Waals surface area contributed by atoms with E-state index >= 15 is 0 Å². The third-order valence-electron chi connectivity index (χ3n) is 3.81. The quantitative estimate of drug-likeness (QED) is 0.730. The van der Waals surface area contributed by atoms with Crippen molar-refractivity contribution in [3.63, 3.8) is 0 Å². The Morgan fingerprint density at radius 2 is 2.31 bits per heavy atom. The van der Waals surface area contributed by atoms with Crippen LogP contribution in [0.2, 0.25) is 0 Å². The SMILES string of the molecule is C=CC1CN2CCC1CC2CNS(C)(=O)=O. The number of nitrogens with zero attached hydrogens (tertiary/aromatic N) is 1. The Kier molecular flexibility index (Phi) is 3.37. The normalized spacial score (nSPS) is 38.6. The highest BCUT2D eigenvalue weighted by atomic mass is 32.2. The van der Waals surface area contributed by atoms with Crippen molar-refractivity contribution in [3.05, 3.63) is 12.7 Å². The Balaban J connectivity index is 1.93. The third kappa shape index (κ3) is 2.64. The highest BCUT2D eigenvalue weighted by molar-refractivity contribution is 7.88. The summed E-state index contributed by atoms with van der Waals surface area (Å²) in [5.41, 5.74) is 0. The molecule has 0 aliphatic carbocycles. The Morgan fingerprint density at radius 1 is 1.56 bits per heavy atom. The number of hydrogen-bond acceptors (Lipinski definition) is 3. The third-order valence-corrected chi connectivity index (χ3v) is 4.50. The van der Waals surface area contributed by atoms with Crippen molar-refractivity contribution in [3.8, 4) is 0 Å². The van der Waals surface area contributed by atoms with Gasteiger partial charge in [0.05, 0.1) is 6.26 Å². The van der Waals surface area contributed by atoms with Gasteiger partial charge >= 0.3 is 0 Å². The van der Waals surface area contributed by atoms with Gasteiger partial charge in [-0.3, -0.25) is 4.90 Å². The summed E-state index contributed by atoms with van der Waals surface area (Å²) < 4.78 is 24.7. The van der Waals surface area contributed by atoms with E-state index in [2.05, 4.69) is 22.3 Å². The molecule has 16 heavy (non-hydrogen) atoms. The molecule has 3 heterocycles. The zero-order chi connectivity index (χ0) is 11.8. The molecule has 0 spiro atoms. The van der Waals surface area contributed by atoms with E-state index in [9.17, 15) is 8.42 Å². The molecule has 0 radical (unpaired) electrons. The lowest BCUT2D eigenvalue weighted by molar-refractivity contribution is 0.0218. The molecule has 2 bridgehead atoms. The van der Waals surface area contributed by atoms with Crippen LogP contribution in [-0.2, 0) is 10.0 Å². The summed E-state index contributed by atoms with van der Waals surface area (Å²) in [6, 6.07) is 0.379. The van der Waals surface area contributed by atoms with E-state index in [-0.39, 0.29) is 0 Å². The van der Waals surface area contributed by atoms with Gasteiger partial charge in [-0.1, -0.05) is 6.08 Å². The second kappa shape index (κ2) is 4.47. The van der Waals surface area contributed by atoms with Crippen molar-refractivity contribution in [1.82, 2.24) is 9.62 Å². The first-order valence-corrected chi connectivity index (χ1v) is 7.70. The molecule has 0 aromatic heterocycles. The number of piperidine rings is 3. The van der Waals surface area contributed by atoms with Gasteiger partial charge in [0.1, 0.15) is 0 Å². The van der Waals surface area contributed by atoms with E-state index in [1.54, 1.807) is 0 Å². The molecule has 0 saturated carbocycles. The first-order valence-electron chi connectivity index (χ1n) is 5.81. The fourth-order valence-corrected chi connectivity index (χ4v) is 3.40. The van der Waals surface area contributed by atoms with Crippen LogP contribution in [0.4, 0.5) is 0 Å². The second-order valence-corrected chi connectivity index (χ2v) is 6.79. The summed E-state index contributed by atoms with van der Waals surface area (Å²) in [5, 5.41) is 0. The average molecular weight is 244 g/mol. The maximum absolute atomic E-state index is 11.1. The molecule has 3 saturated heterocycles. The van der Waals surface area contributed by atoms with Gasteiger partial charge in [0.15, 0.2) is 0 Å². The molecule has 4 unspecified atom stereocenters. The first kappa shape index (κ1) is 12.1. The summed E-state index contributed by atoms with van der Waals surface area (Å²) in [6.45, 7) is 6.58. The Morgan fingerprint density at radius 3 is 2.81 bits per heavy atom. The fourth-order valence-electron chi connectivity index (χ4n) is 2.91. The van der Waals surface area contributed by atoms with Crippen LogP contribution in [0.3, 0.4) is 0 Å². The molecule has 0 aromatic rings. The van der Waals surface area contributed by atoms with E-state index in [0.29, 0.717) is 24.4 Å². The molecule has 0 aromatic carbocycles. The number of sulfonamides is 1. The van der Waals surface area contributed by atoms with Gasteiger partial charge in [0.2, 0.25) is 10.0 Å². The maximum atomic E-state index is 11.1. The van der Waals surface area contributed by atoms with E-state index in [1.807, 2.05) is 0 Å². The molecule has 1 N–H and O–H groups in total. The van der Waals surface area contributed by atoms with E-state index in [0.717, 1.165) is 19.5 Å². The maximum Gasteiger partial charge on any atom is 0.208 e. The van der Waals surface area contributed by atoms with E-state index < -0.39 is 10.0 Å². The lowest BCUT2D eigenvalue weighted by Gasteiger charge is -2.49. The minimum atomic E-state index is -3.06. The minimum absolute atomic E-state index is 0.379. The summed E-state index contributed by atoms with van der Waals surface area (Å²) in [6.07, 6.45) is 5.60. The summed E-state index contributed by atoms with van der Waals surface area (Å²) in [7, 11) is -3.06. The Bertz CT molecular complexity index is 366. The number of rotatable bonds is 4. The highest BCUT2D eigenvalue weighted by Crippen LogP contribution is 2.36. The molecule has 92 valence electrons. The van der Waals surface area contributed by atoms with Crippen LogP contribution in [0.1, 0.15) is 12.8 Å². The highest BCUT2D eigenvalue weighted by Gasteiger charge is 2.38. The molecule has 3 aliphatic heterocycles. The zero-order valence-electron chi connectivity index (χ0n) is 9.72. The predicted molar refractivity (Wildman–Crippen MR) is 64.6 cm³/mol. The topological polar surface area (TPSA) is 49.4 Å². The fraction of sp³-hybridized carbons (Fsp3) is 0.818. The van der Waals surface area contributed by atoms with Crippen LogP contribution < -0.4 is 4.72 Å². The molecule has 3 rings (SSSR count). The smallest absolute Gasteiger partial charge is 0.208 e. The van der Waals surface area contributed by atoms with E-state index in [4.69, 9.17) is 0 Å². The second-order valence-electron chi connectivity index (χ2n) is 4.95. The van der Waals surface area contributed by atoms with Crippen molar-refractivity contribution < 1.29 is 8.42 Å². The van der Waals surface area contributed by atoms with Crippen LogP contribution in [0.15, 0.2) is 12.7 Å². The van der Waals surface area contributed by atoms with Gasteiger partial charge in [0.25, 0.3) is 0 Å². The summed E-state index contributed by atoms with van der Waals surface area (Å²) in [5.74, 6) is 1.30. The lowest BCUT2D eigenvalue weighted by atomic mass is 9.76. The molecule has 5 heteroatoms. The number of nitrogens with one attached hydrogen (secondary N) is 1. The van der Waals surface area contributed by atoms with Crippen molar-refractivity contribution in [1.29, 1.82) is 0 Å². The standard InChI is InChI=1S/C11H20N2O2S/c1-3-9-8-13-5-4-10(9)6-11(13)7-12-16(2,14)15/h3,9-12H,1,4-8H2,2H3. The van der Waals surface area contributed by atoms with Gasteiger partial charge in [0, 0.05) is 19.1 Å². The first-order chi connectivity index (χ1) is 7.49. The molecule has 4 nitrogen and oxygen atoms in total. The average Bonchev–Trinajstić information content (AvgIpc) is 2.26.